The zero-order valence-electron chi connectivity index (χ0n) is 11.3. The van der Waals surface area contributed by atoms with E-state index in [0.717, 1.165) is 12.1 Å². The molecule has 7 nitrogen and oxygen atoms in total. The second-order valence-electron chi connectivity index (χ2n) is 4.89. The predicted molar refractivity (Wildman–Crippen MR) is 70.4 cm³/mol. The molecule has 0 aliphatic heterocycles. The maximum absolute atomic E-state index is 14.1. The minimum atomic E-state index is -1.68. The van der Waals surface area contributed by atoms with Crippen molar-refractivity contribution in [2.75, 3.05) is 0 Å². The highest BCUT2D eigenvalue weighted by molar-refractivity contribution is 5.26. The van der Waals surface area contributed by atoms with Crippen LogP contribution in [0, 0.1) is 11.6 Å². The minimum absolute atomic E-state index is 0.0219. The van der Waals surface area contributed by atoms with Gasteiger partial charge < -0.3 is 5.11 Å². The Bertz CT molecular complexity index is 708. The number of aromatic nitrogens is 6. The van der Waals surface area contributed by atoms with E-state index in [2.05, 4.69) is 25.5 Å². The molecule has 0 amide bonds. The molecule has 114 valence electrons. The molecule has 0 aliphatic carbocycles. The van der Waals surface area contributed by atoms with Gasteiger partial charge in [-0.15, -0.1) is 0 Å². The van der Waals surface area contributed by atoms with Crippen molar-refractivity contribution in [3.05, 3.63) is 59.9 Å². The summed E-state index contributed by atoms with van der Waals surface area (Å²) in [6.07, 6.45) is 4.10. The van der Waals surface area contributed by atoms with Gasteiger partial charge in [0.25, 0.3) is 0 Å². The van der Waals surface area contributed by atoms with Crippen molar-refractivity contribution in [2.45, 2.75) is 18.6 Å². The molecule has 1 aromatic carbocycles. The molecule has 1 unspecified atom stereocenters. The van der Waals surface area contributed by atoms with Crippen LogP contribution in [-0.4, -0.2) is 35.3 Å². The molecule has 9 heteroatoms. The van der Waals surface area contributed by atoms with Crippen LogP contribution in [0.25, 0.3) is 0 Å². The fraction of sp³-hybridized carbons (Fsp3) is 0.231. The fourth-order valence-electron chi connectivity index (χ4n) is 2.30. The van der Waals surface area contributed by atoms with Crippen molar-refractivity contribution in [3.63, 3.8) is 0 Å². The quantitative estimate of drug-likeness (QED) is 0.727. The number of aliphatic hydroxyl groups is 1. The molecule has 3 rings (SSSR count). The Morgan fingerprint density at radius 2 is 2.18 bits per heavy atom. The summed E-state index contributed by atoms with van der Waals surface area (Å²) in [7, 11) is 0. The molecule has 22 heavy (non-hydrogen) atoms. The van der Waals surface area contributed by atoms with E-state index in [1.165, 1.54) is 29.6 Å². The SMILES string of the molecule is OC(Cc1cn[nH]n1)(Cn1cncn1)c1ccc(F)cc1F. The first-order chi connectivity index (χ1) is 10.6. The van der Waals surface area contributed by atoms with E-state index in [9.17, 15) is 13.9 Å². The highest BCUT2D eigenvalue weighted by Crippen LogP contribution is 2.29. The van der Waals surface area contributed by atoms with E-state index in [1.807, 2.05) is 0 Å². The van der Waals surface area contributed by atoms with Gasteiger partial charge in [0.2, 0.25) is 0 Å². The summed E-state index contributed by atoms with van der Waals surface area (Å²) in [6, 6.07) is 3.03. The fourth-order valence-corrected chi connectivity index (χ4v) is 2.30. The summed E-state index contributed by atoms with van der Waals surface area (Å²) in [5, 5.41) is 24.8. The van der Waals surface area contributed by atoms with Crippen LogP contribution < -0.4 is 0 Å². The first-order valence-electron chi connectivity index (χ1n) is 6.42. The molecule has 2 N–H and O–H groups in total. The lowest BCUT2D eigenvalue weighted by Crippen LogP contribution is -2.35. The van der Waals surface area contributed by atoms with E-state index in [4.69, 9.17) is 0 Å². The van der Waals surface area contributed by atoms with Gasteiger partial charge in [-0.2, -0.15) is 20.5 Å². The molecule has 0 saturated carbocycles. The van der Waals surface area contributed by atoms with Gasteiger partial charge in [-0.05, 0) is 6.07 Å². The number of hydrogen-bond acceptors (Lipinski definition) is 5. The van der Waals surface area contributed by atoms with Gasteiger partial charge in [-0.1, -0.05) is 6.07 Å². The zero-order valence-corrected chi connectivity index (χ0v) is 11.3. The van der Waals surface area contributed by atoms with Crippen molar-refractivity contribution in [1.82, 2.24) is 30.2 Å². The lowest BCUT2D eigenvalue weighted by Gasteiger charge is -2.28. The molecule has 3 aromatic rings. The van der Waals surface area contributed by atoms with E-state index in [0.29, 0.717) is 5.69 Å². The van der Waals surface area contributed by atoms with Gasteiger partial charge in [0, 0.05) is 18.1 Å². The van der Waals surface area contributed by atoms with Gasteiger partial charge >= 0.3 is 0 Å². The van der Waals surface area contributed by atoms with E-state index < -0.39 is 17.2 Å². The smallest absolute Gasteiger partial charge is 0.137 e. The first kappa shape index (κ1) is 14.3. The topological polar surface area (TPSA) is 92.5 Å². The molecule has 2 heterocycles. The largest absolute Gasteiger partial charge is 0.383 e. The molecule has 0 spiro atoms. The van der Waals surface area contributed by atoms with Crippen molar-refractivity contribution in [3.8, 4) is 0 Å². The summed E-state index contributed by atoms with van der Waals surface area (Å²) in [4.78, 5) is 3.79. The molecule has 0 radical (unpaired) electrons. The van der Waals surface area contributed by atoms with Crippen LogP contribution in [0.3, 0.4) is 0 Å². The van der Waals surface area contributed by atoms with E-state index in [-0.39, 0.29) is 18.5 Å². The van der Waals surface area contributed by atoms with Gasteiger partial charge in [0.1, 0.15) is 29.9 Å². The Kier molecular flexibility index (Phi) is 3.63. The van der Waals surface area contributed by atoms with Gasteiger partial charge in [-0.3, -0.25) is 0 Å². The number of H-pyrrole nitrogens is 1. The normalized spacial score (nSPS) is 14.0. The van der Waals surface area contributed by atoms with Crippen LogP contribution in [0.15, 0.2) is 37.1 Å². The number of halogens is 2. The Balaban J connectivity index is 2.01. The standard InChI is InChI=1S/C13H12F2N6O/c14-9-1-2-11(12(15)3-9)13(22,4-10-5-17-20-19-10)6-21-8-16-7-18-21/h1-3,5,7-8,22H,4,6H2,(H,17,19,20). The molecule has 0 saturated heterocycles. The Morgan fingerprint density at radius 3 is 2.82 bits per heavy atom. The molecular weight excluding hydrogens is 294 g/mol. The average molecular weight is 306 g/mol. The summed E-state index contributed by atoms with van der Waals surface area (Å²) in [5.41, 5.74) is -1.29. The Hall–Kier alpha value is -2.68. The molecular formula is C13H12F2N6O. The van der Waals surface area contributed by atoms with Crippen molar-refractivity contribution < 1.29 is 13.9 Å². The maximum atomic E-state index is 14.1. The van der Waals surface area contributed by atoms with Crippen LogP contribution in [0.1, 0.15) is 11.3 Å². The maximum Gasteiger partial charge on any atom is 0.137 e. The monoisotopic (exact) mass is 306 g/mol. The lowest BCUT2D eigenvalue weighted by molar-refractivity contribution is 0.0108. The van der Waals surface area contributed by atoms with E-state index in [1.54, 1.807) is 0 Å². The van der Waals surface area contributed by atoms with E-state index >= 15 is 0 Å². The summed E-state index contributed by atoms with van der Waals surface area (Å²) in [5.74, 6) is -1.56. The highest BCUT2D eigenvalue weighted by atomic mass is 19.1. The van der Waals surface area contributed by atoms with Gasteiger partial charge in [0.05, 0.1) is 18.4 Å². The third-order valence-electron chi connectivity index (χ3n) is 3.26. The number of aromatic amines is 1. The van der Waals surface area contributed by atoms with Gasteiger partial charge in [-0.25, -0.2) is 18.4 Å². The Labute approximate surface area is 123 Å². The van der Waals surface area contributed by atoms with Crippen LogP contribution in [0.4, 0.5) is 8.78 Å². The molecule has 0 fully saturated rings. The third-order valence-corrected chi connectivity index (χ3v) is 3.26. The number of hydrogen-bond donors (Lipinski definition) is 2. The first-order valence-corrected chi connectivity index (χ1v) is 6.42. The van der Waals surface area contributed by atoms with Crippen molar-refractivity contribution in [2.24, 2.45) is 0 Å². The number of benzene rings is 1. The summed E-state index contributed by atoms with van der Waals surface area (Å²) < 4.78 is 28.6. The van der Waals surface area contributed by atoms with Crippen molar-refractivity contribution in [1.29, 1.82) is 0 Å². The predicted octanol–water partition coefficient (Wildman–Crippen LogP) is 0.805. The van der Waals surface area contributed by atoms with Crippen LogP contribution in [0.2, 0.25) is 0 Å². The number of nitrogens with one attached hydrogen (secondary N) is 1. The molecule has 0 bridgehead atoms. The summed E-state index contributed by atoms with van der Waals surface area (Å²) >= 11 is 0. The van der Waals surface area contributed by atoms with Crippen LogP contribution >= 0.6 is 0 Å². The second-order valence-corrected chi connectivity index (χ2v) is 4.89. The Morgan fingerprint density at radius 1 is 1.32 bits per heavy atom. The number of nitrogens with zero attached hydrogens (tertiary/aromatic N) is 5. The third kappa shape index (κ3) is 2.84. The van der Waals surface area contributed by atoms with Crippen LogP contribution in [-0.2, 0) is 18.6 Å². The average Bonchev–Trinajstić information content (AvgIpc) is 3.12. The molecule has 1 atom stereocenters. The minimum Gasteiger partial charge on any atom is -0.383 e. The molecule has 2 aromatic heterocycles. The highest BCUT2D eigenvalue weighted by Gasteiger charge is 2.34. The van der Waals surface area contributed by atoms with Gasteiger partial charge in [0.15, 0.2) is 0 Å². The zero-order chi connectivity index (χ0) is 15.6. The van der Waals surface area contributed by atoms with Crippen LogP contribution in [0.5, 0.6) is 0 Å². The number of rotatable bonds is 5. The lowest BCUT2D eigenvalue weighted by atomic mass is 9.88. The molecule has 0 aliphatic rings. The summed E-state index contributed by atoms with van der Waals surface area (Å²) in [6.45, 7) is -0.0671. The van der Waals surface area contributed by atoms with Crippen molar-refractivity contribution >= 4 is 0 Å². The second kappa shape index (κ2) is 5.60.